The zero-order chi connectivity index (χ0) is 18.3. The van der Waals surface area contributed by atoms with Gasteiger partial charge in [0.15, 0.2) is 10.9 Å². The van der Waals surface area contributed by atoms with E-state index in [0.29, 0.717) is 11.9 Å². The van der Waals surface area contributed by atoms with Crippen molar-refractivity contribution in [3.63, 3.8) is 0 Å². The fourth-order valence-corrected chi connectivity index (χ4v) is 4.05. The number of anilines is 2. The van der Waals surface area contributed by atoms with Crippen LogP contribution in [-0.2, 0) is 4.79 Å². The van der Waals surface area contributed by atoms with Crippen molar-refractivity contribution in [1.29, 1.82) is 5.26 Å². The molecule has 0 saturated heterocycles. The molecule has 2 aliphatic rings. The van der Waals surface area contributed by atoms with Gasteiger partial charge in [-0.25, -0.2) is 0 Å². The van der Waals surface area contributed by atoms with Crippen LogP contribution in [0, 0.1) is 11.3 Å². The number of fused-ring (bicyclic) bond motifs is 1. The number of benzene rings is 1. The van der Waals surface area contributed by atoms with Gasteiger partial charge in [0.1, 0.15) is 23.8 Å². The molecule has 4 rings (SSSR count). The van der Waals surface area contributed by atoms with Crippen molar-refractivity contribution in [2.24, 2.45) is 0 Å². The molecule has 8 heteroatoms. The molecule has 0 amide bonds. The van der Waals surface area contributed by atoms with Crippen molar-refractivity contribution in [1.82, 2.24) is 14.8 Å². The first-order valence-corrected chi connectivity index (χ1v) is 9.36. The maximum atomic E-state index is 12.8. The molecule has 0 radical (unpaired) electrons. The van der Waals surface area contributed by atoms with Crippen LogP contribution in [0.25, 0.3) is 0 Å². The van der Waals surface area contributed by atoms with E-state index in [0.717, 1.165) is 29.4 Å². The molecular weight excluding hydrogens is 348 g/mol. The molecule has 26 heavy (non-hydrogen) atoms. The number of hydrogen-bond donors (Lipinski definition) is 0. The molecule has 1 aromatic heterocycles. The molecular formula is C18H18N6OS. The lowest BCUT2D eigenvalue weighted by Gasteiger charge is -2.19. The highest BCUT2D eigenvalue weighted by atomic mass is 32.2. The number of rotatable bonds is 5. The average Bonchev–Trinajstić information content (AvgIpc) is 3.34. The third-order valence-corrected chi connectivity index (χ3v) is 5.62. The molecule has 1 aromatic carbocycles. The van der Waals surface area contributed by atoms with Gasteiger partial charge >= 0.3 is 0 Å². The number of allylic oxidation sites excluding steroid dienone is 1. The third kappa shape index (κ3) is 2.74. The zero-order valence-corrected chi connectivity index (χ0v) is 15.4. The molecule has 1 saturated carbocycles. The van der Waals surface area contributed by atoms with Crippen molar-refractivity contribution in [2.75, 3.05) is 29.6 Å². The Balaban J connectivity index is 1.57. The summed E-state index contributed by atoms with van der Waals surface area (Å²) in [7, 11) is 3.75. The largest absolute Gasteiger partial charge is 0.328 e. The Labute approximate surface area is 155 Å². The second-order valence-electron chi connectivity index (χ2n) is 6.38. The molecule has 0 unspecified atom stereocenters. The maximum absolute atomic E-state index is 12.8. The number of para-hydroxylation sites is 2. The van der Waals surface area contributed by atoms with Gasteiger partial charge in [-0.05, 0) is 25.0 Å². The number of hydrogen-bond acceptors (Lipinski definition) is 7. The first-order chi connectivity index (χ1) is 12.6. The van der Waals surface area contributed by atoms with Gasteiger partial charge in [-0.3, -0.25) is 4.79 Å². The maximum Gasteiger partial charge on any atom is 0.191 e. The average molecular weight is 366 g/mol. The Hall–Kier alpha value is -2.79. The van der Waals surface area contributed by atoms with Gasteiger partial charge in [0, 0.05) is 20.1 Å². The number of ketones is 1. The third-order valence-electron chi connectivity index (χ3n) is 4.67. The molecule has 0 atom stereocenters. The topological polar surface area (TPSA) is 78.0 Å². The van der Waals surface area contributed by atoms with Crippen LogP contribution in [0.1, 0.15) is 18.9 Å². The van der Waals surface area contributed by atoms with Gasteiger partial charge in [-0.1, -0.05) is 23.9 Å². The van der Waals surface area contributed by atoms with Gasteiger partial charge < -0.3 is 14.4 Å². The van der Waals surface area contributed by atoms with Gasteiger partial charge in [0.05, 0.1) is 17.1 Å². The fraction of sp³-hybridized carbons (Fsp3) is 0.333. The van der Waals surface area contributed by atoms with Crippen LogP contribution in [0.2, 0.25) is 0 Å². The van der Waals surface area contributed by atoms with Crippen LogP contribution < -0.4 is 9.80 Å². The molecule has 2 heterocycles. The van der Waals surface area contributed by atoms with Crippen molar-refractivity contribution >= 4 is 28.9 Å². The monoisotopic (exact) mass is 366 g/mol. The van der Waals surface area contributed by atoms with E-state index in [-0.39, 0.29) is 17.1 Å². The predicted octanol–water partition coefficient (Wildman–Crippen LogP) is 2.60. The van der Waals surface area contributed by atoms with E-state index in [2.05, 4.69) is 16.3 Å². The molecule has 7 nitrogen and oxygen atoms in total. The number of nitrogens with zero attached hydrogens (tertiary/aromatic N) is 6. The van der Waals surface area contributed by atoms with Crippen LogP contribution in [0.5, 0.6) is 0 Å². The van der Waals surface area contributed by atoms with E-state index in [1.165, 1.54) is 11.8 Å². The van der Waals surface area contributed by atoms with E-state index in [9.17, 15) is 10.1 Å². The van der Waals surface area contributed by atoms with Crippen LogP contribution in [0.4, 0.5) is 11.4 Å². The second-order valence-corrected chi connectivity index (χ2v) is 7.32. The molecule has 0 N–H and O–H groups in total. The molecule has 0 bridgehead atoms. The van der Waals surface area contributed by atoms with E-state index in [1.54, 1.807) is 6.33 Å². The fourth-order valence-electron chi connectivity index (χ4n) is 3.20. The molecule has 1 aliphatic carbocycles. The SMILES string of the molecule is CN1C(=C(C#N)C(=O)CSc2nncn2C2CC2)N(C)c2ccccc21. The summed E-state index contributed by atoms with van der Waals surface area (Å²) in [4.78, 5) is 16.6. The highest BCUT2D eigenvalue weighted by Crippen LogP contribution is 2.41. The number of thioether (sulfide) groups is 1. The quantitative estimate of drug-likeness (QED) is 0.457. The minimum Gasteiger partial charge on any atom is -0.328 e. The van der Waals surface area contributed by atoms with Gasteiger partial charge in [-0.15, -0.1) is 10.2 Å². The summed E-state index contributed by atoms with van der Waals surface area (Å²) in [6.45, 7) is 0. The lowest BCUT2D eigenvalue weighted by atomic mass is 10.2. The van der Waals surface area contributed by atoms with Crippen LogP contribution in [0.15, 0.2) is 47.1 Å². The van der Waals surface area contributed by atoms with Gasteiger partial charge in [0.25, 0.3) is 0 Å². The molecule has 0 spiro atoms. The van der Waals surface area contributed by atoms with Crippen molar-refractivity contribution in [3.8, 4) is 6.07 Å². The summed E-state index contributed by atoms with van der Waals surface area (Å²) >= 11 is 1.34. The summed E-state index contributed by atoms with van der Waals surface area (Å²) in [5.41, 5.74) is 2.12. The number of nitriles is 1. The Kier molecular flexibility index (Phi) is 4.17. The summed E-state index contributed by atoms with van der Waals surface area (Å²) in [5.74, 6) is 0.572. The van der Waals surface area contributed by atoms with E-state index < -0.39 is 0 Å². The van der Waals surface area contributed by atoms with Crippen LogP contribution in [0.3, 0.4) is 0 Å². The zero-order valence-electron chi connectivity index (χ0n) is 14.6. The van der Waals surface area contributed by atoms with E-state index in [1.807, 2.05) is 52.7 Å². The second kappa shape index (κ2) is 6.50. The Morgan fingerprint density at radius 3 is 2.50 bits per heavy atom. The number of Topliss-reactive ketones (excluding diaryl/α,β-unsaturated/α-hetero) is 1. The first-order valence-electron chi connectivity index (χ1n) is 8.38. The van der Waals surface area contributed by atoms with Gasteiger partial charge in [0.2, 0.25) is 0 Å². The van der Waals surface area contributed by atoms with Crippen molar-refractivity contribution in [2.45, 2.75) is 24.0 Å². The summed E-state index contributed by atoms with van der Waals surface area (Å²) in [5, 5.41) is 18.4. The molecule has 1 fully saturated rings. The Bertz CT molecular complexity index is 908. The Morgan fingerprint density at radius 1 is 1.27 bits per heavy atom. The molecule has 1 aliphatic heterocycles. The summed E-state index contributed by atoms with van der Waals surface area (Å²) < 4.78 is 2.01. The smallest absolute Gasteiger partial charge is 0.191 e. The van der Waals surface area contributed by atoms with Crippen LogP contribution in [-0.4, -0.2) is 40.4 Å². The van der Waals surface area contributed by atoms with Crippen molar-refractivity contribution < 1.29 is 4.79 Å². The highest BCUT2D eigenvalue weighted by molar-refractivity contribution is 7.99. The van der Waals surface area contributed by atoms with Crippen LogP contribution >= 0.6 is 11.8 Å². The van der Waals surface area contributed by atoms with E-state index >= 15 is 0 Å². The number of carbonyl (C=O) groups excluding carboxylic acids is 1. The number of aromatic nitrogens is 3. The van der Waals surface area contributed by atoms with Crippen molar-refractivity contribution in [3.05, 3.63) is 42.0 Å². The predicted molar refractivity (Wildman–Crippen MR) is 99.9 cm³/mol. The summed E-state index contributed by atoms with van der Waals surface area (Å²) in [6, 6.07) is 10.4. The van der Waals surface area contributed by atoms with E-state index in [4.69, 9.17) is 0 Å². The Morgan fingerprint density at radius 2 is 1.92 bits per heavy atom. The minimum absolute atomic E-state index is 0.163. The highest BCUT2D eigenvalue weighted by Gasteiger charge is 2.32. The summed E-state index contributed by atoms with van der Waals surface area (Å²) in [6.07, 6.45) is 3.96. The lowest BCUT2D eigenvalue weighted by Crippen LogP contribution is -2.26. The molecule has 132 valence electrons. The normalized spacial score (nSPS) is 15.8. The minimum atomic E-state index is -0.204. The lowest BCUT2D eigenvalue weighted by molar-refractivity contribution is -0.112. The standard InChI is InChI=1S/C18H18N6OS/c1-22-14-5-3-4-6-15(14)23(2)17(22)13(9-19)16(25)10-26-18-21-20-11-24(18)12-7-8-12/h3-6,11-12H,7-8,10H2,1-2H3. The number of carbonyl (C=O) groups is 1. The van der Waals surface area contributed by atoms with Gasteiger partial charge in [-0.2, -0.15) is 5.26 Å². The first kappa shape index (κ1) is 16.7. The molecule has 2 aromatic rings.